The molecule has 0 saturated carbocycles. The highest BCUT2D eigenvalue weighted by Gasteiger charge is 2.67. The molecule has 2 saturated heterocycles. The van der Waals surface area contributed by atoms with Gasteiger partial charge in [0.15, 0.2) is 14.1 Å². The maximum absolute atomic E-state index is 13.7. The van der Waals surface area contributed by atoms with Crippen molar-refractivity contribution >= 4 is 20.3 Å². The molecule has 2 aromatic carbocycles. The average molecular weight is 871 g/mol. The van der Waals surface area contributed by atoms with E-state index in [1.165, 1.54) is 0 Å². The number of carbonyl (C=O) groups excluding carboxylic acids is 2. The molecule has 1 N–H and O–H groups in total. The van der Waals surface area contributed by atoms with Crippen LogP contribution in [0.2, 0.25) is 18.1 Å². The molecule has 0 radical (unpaired) electrons. The summed E-state index contributed by atoms with van der Waals surface area (Å²) < 4.78 is 57.7. The number of ether oxygens (including phenoxy) is 8. The quantitative estimate of drug-likeness (QED) is 0.0399. The third kappa shape index (κ3) is 12.4. The van der Waals surface area contributed by atoms with Crippen LogP contribution in [0.4, 0.5) is 0 Å². The fourth-order valence-corrected chi connectivity index (χ4v) is 9.08. The van der Waals surface area contributed by atoms with Gasteiger partial charge in [-0.3, -0.25) is 0 Å². The first-order valence-electron chi connectivity index (χ1n) is 21.8. The molecule has 11 atom stereocenters. The second-order valence-corrected chi connectivity index (χ2v) is 23.7. The van der Waals surface area contributed by atoms with Crippen LogP contribution in [0.5, 0.6) is 0 Å². The second kappa shape index (κ2) is 22.1. The average Bonchev–Trinajstić information content (AvgIpc) is 3.43. The summed E-state index contributed by atoms with van der Waals surface area (Å²) in [5, 5.41) is 11.5. The van der Waals surface area contributed by atoms with E-state index >= 15 is 0 Å². The van der Waals surface area contributed by atoms with Crippen LogP contribution in [0.15, 0.2) is 73.3 Å². The summed E-state index contributed by atoms with van der Waals surface area (Å²) in [4.78, 5) is 27.4. The second-order valence-electron chi connectivity index (χ2n) is 18.9. The zero-order chi connectivity index (χ0) is 45.2. The number of esters is 2. The van der Waals surface area contributed by atoms with E-state index in [1.54, 1.807) is 56.7 Å². The number of carbonyl (C=O) groups is 2. The molecule has 4 rings (SSSR count). The van der Waals surface area contributed by atoms with E-state index in [1.807, 2.05) is 58.9 Å². The van der Waals surface area contributed by atoms with Crippen molar-refractivity contribution in [3.8, 4) is 0 Å². The Kier molecular flexibility index (Phi) is 18.3. The van der Waals surface area contributed by atoms with Gasteiger partial charge in [-0.1, -0.05) is 97.9 Å². The molecule has 2 aliphatic rings. The standard InChI is InChI=1S/C48H74O12Si/c1-14-32(2)41(49)34(4)38(57-44(50)35-21-17-15-18-22-35)29-39(53-11)42-43(55-31-54-28-27-52-10)47(8,9)48(60-42)30-40(58-45(51)36-23-19-16-20-24-36)33(3)37(59-48)25-26-56-61(12,13)46(5,6)7/h14-24,32-34,37-43,49H,1,25-31H2,2-13H3/t32-,33+,34-,37-,38-,39-,40+,41-,42+,43-,48+/m0/s1. The van der Waals surface area contributed by atoms with E-state index in [2.05, 4.69) is 40.4 Å². The smallest absolute Gasteiger partial charge is 0.338 e. The van der Waals surface area contributed by atoms with Crippen LogP contribution in [0.1, 0.15) is 95.4 Å². The van der Waals surface area contributed by atoms with E-state index in [9.17, 15) is 14.7 Å². The van der Waals surface area contributed by atoms with Gasteiger partial charge < -0.3 is 47.4 Å². The molecule has 0 bridgehead atoms. The van der Waals surface area contributed by atoms with Gasteiger partial charge in [-0.2, -0.15) is 0 Å². The highest BCUT2D eigenvalue weighted by atomic mass is 28.4. The van der Waals surface area contributed by atoms with Crippen molar-refractivity contribution in [2.75, 3.05) is 40.8 Å². The highest BCUT2D eigenvalue weighted by molar-refractivity contribution is 6.74. The fraction of sp³-hybridized carbons (Fsp3) is 0.667. The highest BCUT2D eigenvalue weighted by Crippen LogP contribution is 2.56. The van der Waals surface area contributed by atoms with Gasteiger partial charge in [-0.25, -0.2) is 9.59 Å². The summed E-state index contributed by atoms with van der Waals surface area (Å²) in [6, 6.07) is 17.7. The molecule has 2 aromatic rings. The van der Waals surface area contributed by atoms with Crippen LogP contribution in [0.3, 0.4) is 0 Å². The fourth-order valence-electron chi connectivity index (χ4n) is 8.02. The van der Waals surface area contributed by atoms with Crippen molar-refractivity contribution in [3.05, 3.63) is 84.4 Å². The number of hydrogen-bond donors (Lipinski definition) is 1. The zero-order valence-corrected chi connectivity index (χ0v) is 39.7. The first-order valence-corrected chi connectivity index (χ1v) is 24.7. The maximum Gasteiger partial charge on any atom is 0.338 e. The van der Waals surface area contributed by atoms with E-state index in [-0.39, 0.29) is 36.5 Å². The lowest BCUT2D eigenvalue weighted by Crippen LogP contribution is -2.59. The summed E-state index contributed by atoms with van der Waals surface area (Å²) in [6.07, 6.45) is -2.40. The molecule has 61 heavy (non-hydrogen) atoms. The molecule has 0 aliphatic carbocycles. The minimum Gasteiger partial charge on any atom is -0.458 e. The lowest BCUT2D eigenvalue weighted by Gasteiger charge is -2.51. The van der Waals surface area contributed by atoms with Gasteiger partial charge in [0.05, 0.1) is 48.8 Å². The van der Waals surface area contributed by atoms with Crippen molar-refractivity contribution in [2.45, 2.75) is 141 Å². The predicted molar refractivity (Wildman–Crippen MR) is 237 cm³/mol. The minimum absolute atomic E-state index is 0.0143. The normalized spacial score (nSPS) is 26.5. The van der Waals surface area contributed by atoms with Crippen LogP contribution in [0.25, 0.3) is 0 Å². The molecule has 0 amide bonds. The molecule has 2 fully saturated rings. The molecule has 12 nitrogen and oxygen atoms in total. The molecular formula is C48H74O12Si. The number of aliphatic hydroxyl groups excluding tert-OH is 1. The number of benzene rings is 2. The molecule has 2 heterocycles. The Balaban J connectivity index is 1.75. The molecule has 1 spiro atoms. The summed E-state index contributed by atoms with van der Waals surface area (Å²) in [7, 11) is 1.08. The first kappa shape index (κ1) is 50.7. The Labute approximate surface area is 366 Å². The Hall–Kier alpha value is -2.98. The van der Waals surface area contributed by atoms with Crippen LogP contribution in [-0.4, -0.2) is 115 Å². The topological polar surface area (TPSA) is 137 Å². The SMILES string of the molecule is C=C[C@H](C)[C@H](O)[C@@H](C)[C@H](C[C@H](OC)[C@H]1O[C@]2(C[C@@H](OC(=O)c3ccccc3)[C@H](C)[C@H](CCO[Si](C)(C)C(C)(C)C)O2)C(C)(C)[C@H]1OCOCCOC)OC(=O)c1ccccc1. The number of aliphatic hydroxyl groups is 1. The molecule has 0 aromatic heterocycles. The summed E-state index contributed by atoms with van der Waals surface area (Å²) in [6.45, 7) is 25.9. The molecule has 13 heteroatoms. The zero-order valence-electron chi connectivity index (χ0n) is 38.7. The van der Waals surface area contributed by atoms with Gasteiger partial charge in [0, 0.05) is 56.8 Å². The molecule has 0 unspecified atom stereocenters. The van der Waals surface area contributed by atoms with Gasteiger partial charge in [0.2, 0.25) is 0 Å². The van der Waals surface area contributed by atoms with Gasteiger partial charge in [-0.05, 0) is 48.8 Å². The van der Waals surface area contributed by atoms with E-state index in [0.717, 1.165) is 0 Å². The van der Waals surface area contributed by atoms with Gasteiger partial charge in [0.25, 0.3) is 0 Å². The van der Waals surface area contributed by atoms with Crippen LogP contribution >= 0.6 is 0 Å². The van der Waals surface area contributed by atoms with Gasteiger partial charge in [-0.15, -0.1) is 6.58 Å². The van der Waals surface area contributed by atoms with E-state index in [4.69, 9.17) is 42.3 Å². The Morgan fingerprint density at radius 3 is 2.11 bits per heavy atom. The number of methoxy groups -OCH3 is 2. The van der Waals surface area contributed by atoms with Gasteiger partial charge in [0.1, 0.15) is 25.1 Å². The summed E-state index contributed by atoms with van der Waals surface area (Å²) >= 11 is 0. The third-order valence-electron chi connectivity index (χ3n) is 13.4. The lowest BCUT2D eigenvalue weighted by atomic mass is 9.72. The number of hydrogen-bond acceptors (Lipinski definition) is 12. The monoisotopic (exact) mass is 870 g/mol. The lowest BCUT2D eigenvalue weighted by molar-refractivity contribution is -0.336. The minimum atomic E-state index is -2.10. The predicted octanol–water partition coefficient (Wildman–Crippen LogP) is 8.63. The van der Waals surface area contributed by atoms with Crippen molar-refractivity contribution in [3.63, 3.8) is 0 Å². The molecule has 2 aliphatic heterocycles. The largest absolute Gasteiger partial charge is 0.458 e. The van der Waals surface area contributed by atoms with Crippen molar-refractivity contribution in [1.82, 2.24) is 0 Å². The Morgan fingerprint density at radius 2 is 1.56 bits per heavy atom. The Morgan fingerprint density at radius 1 is 0.951 bits per heavy atom. The van der Waals surface area contributed by atoms with Crippen LogP contribution in [-0.2, 0) is 42.3 Å². The van der Waals surface area contributed by atoms with Crippen molar-refractivity contribution < 1.29 is 57.0 Å². The van der Waals surface area contributed by atoms with E-state index in [0.29, 0.717) is 37.4 Å². The van der Waals surface area contributed by atoms with E-state index < -0.39 is 80.1 Å². The third-order valence-corrected chi connectivity index (χ3v) is 18.0. The van der Waals surface area contributed by atoms with Crippen molar-refractivity contribution in [2.24, 2.45) is 23.2 Å². The molecular weight excluding hydrogens is 797 g/mol. The molecule has 342 valence electrons. The summed E-state index contributed by atoms with van der Waals surface area (Å²) in [5.41, 5.74) is -0.0612. The first-order chi connectivity index (χ1) is 28.7. The van der Waals surface area contributed by atoms with Crippen LogP contribution in [0, 0.1) is 23.2 Å². The Bertz CT molecular complexity index is 1670. The summed E-state index contributed by atoms with van der Waals surface area (Å²) in [5.74, 6) is -3.34. The maximum atomic E-state index is 13.7. The van der Waals surface area contributed by atoms with Gasteiger partial charge >= 0.3 is 11.9 Å². The number of rotatable bonds is 22. The van der Waals surface area contributed by atoms with Crippen molar-refractivity contribution in [1.29, 1.82) is 0 Å². The van der Waals surface area contributed by atoms with Crippen LogP contribution < -0.4 is 0 Å².